The molecular weight excluding hydrogens is 250 g/mol. The first-order chi connectivity index (χ1) is 9.63. The average Bonchev–Trinajstić information content (AvgIpc) is 2.44. The third-order valence-electron chi connectivity index (χ3n) is 5.08. The molecular formula is C16H31N3O. The molecule has 0 spiro atoms. The first kappa shape index (κ1) is 15.8. The van der Waals surface area contributed by atoms with Crippen LogP contribution in [0.5, 0.6) is 0 Å². The maximum absolute atomic E-state index is 11.9. The van der Waals surface area contributed by atoms with E-state index in [-0.39, 0.29) is 5.91 Å². The highest BCUT2D eigenvalue weighted by Crippen LogP contribution is 2.25. The number of carbonyl (C=O) groups excluding carboxylic acids is 1. The molecule has 0 atom stereocenters. The number of likely N-dealkylation sites (tertiary alicyclic amines) is 1. The van der Waals surface area contributed by atoms with Gasteiger partial charge in [0.15, 0.2) is 0 Å². The highest BCUT2D eigenvalue weighted by atomic mass is 16.1. The predicted octanol–water partition coefficient (Wildman–Crippen LogP) is 1.74. The Morgan fingerprint density at radius 3 is 2.40 bits per heavy atom. The number of nitrogens with zero attached hydrogens (tertiary/aromatic N) is 1. The Labute approximate surface area is 123 Å². The van der Waals surface area contributed by atoms with Crippen molar-refractivity contribution in [3.05, 3.63) is 0 Å². The van der Waals surface area contributed by atoms with Crippen LogP contribution in [0.3, 0.4) is 0 Å². The zero-order valence-corrected chi connectivity index (χ0v) is 12.9. The molecule has 116 valence electrons. The van der Waals surface area contributed by atoms with Crippen molar-refractivity contribution in [2.24, 2.45) is 17.6 Å². The van der Waals surface area contributed by atoms with E-state index in [4.69, 9.17) is 5.73 Å². The van der Waals surface area contributed by atoms with Crippen molar-refractivity contribution >= 4 is 5.91 Å². The molecule has 0 aromatic carbocycles. The van der Waals surface area contributed by atoms with Crippen molar-refractivity contribution in [3.8, 4) is 0 Å². The summed E-state index contributed by atoms with van der Waals surface area (Å²) < 4.78 is 0. The molecule has 4 heteroatoms. The Balaban J connectivity index is 1.54. The first-order valence-electron chi connectivity index (χ1n) is 8.34. The smallest absolute Gasteiger partial charge is 0.220 e. The number of piperidine rings is 1. The van der Waals surface area contributed by atoms with Crippen LogP contribution in [0.2, 0.25) is 0 Å². The molecule has 1 heterocycles. The van der Waals surface area contributed by atoms with Crippen molar-refractivity contribution in [1.82, 2.24) is 10.2 Å². The second kappa shape index (κ2) is 7.99. The monoisotopic (exact) mass is 281 g/mol. The largest absolute Gasteiger partial charge is 0.356 e. The molecule has 0 unspecified atom stereocenters. The van der Waals surface area contributed by atoms with Crippen LogP contribution in [-0.4, -0.2) is 43.5 Å². The quantitative estimate of drug-likeness (QED) is 0.807. The van der Waals surface area contributed by atoms with E-state index in [1.54, 1.807) is 0 Å². The number of amides is 1. The minimum atomic E-state index is 0.249. The van der Waals surface area contributed by atoms with Crippen LogP contribution in [0.25, 0.3) is 0 Å². The zero-order chi connectivity index (χ0) is 14.4. The third kappa shape index (κ3) is 5.41. The molecule has 0 aromatic rings. The summed E-state index contributed by atoms with van der Waals surface area (Å²) in [6.07, 6.45) is 8.86. The summed E-state index contributed by atoms with van der Waals surface area (Å²) in [7, 11) is 2.19. The molecule has 4 nitrogen and oxygen atoms in total. The van der Waals surface area contributed by atoms with Crippen LogP contribution < -0.4 is 11.1 Å². The van der Waals surface area contributed by atoms with Gasteiger partial charge in [-0.2, -0.15) is 0 Å². The van der Waals surface area contributed by atoms with Gasteiger partial charge in [-0.1, -0.05) is 0 Å². The molecule has 2 aliphatic rings. The van der Waals surface area contributed by atoms with Crippen LogP contribution in [0, 0.1) is 11.8 Å². The summed E-state index contributed by atoms with van der Waals surface area (Å²) in [6.45, 7) is 3.28. The fourth-order valence-electron chi connectivity index (χ4n) is 3.49. The van der Waals surface area contributed by atoms with Crippen molar-refractivity contribution in [2.75, 3.05) is 26.7 Å². The molecule has 1 saturated heterocycles. The maximum Gasteiger partial charge on any atom is 0.220 e. The molecule has 1 aliphatic heterocycles. The van der Waals surface area contributed by atoms with Gasteiger partial charge in [-0.05, 0) is 76.9 Å². The molecule has 2 fully saturated rings. The van der Waals surface area contributed by atoms with Gasteiger partial charge in [-0.25, -0.2) is 0 Å². The van der Waals surface area contributed by atoms with E-state index in [9.17, 15) is 4.79 Å². The molecule has 1 amide bonds. The Bertz CT molecular complexity index is 292. The molecule has 1 aliphatic carbocycles. The van der Waals surface area contributed by atoms with Gasteiger partial charge in [-0.3, -0.25) is 4.79 Å². The Hall–Kier alpha value is -0.610. The topological polar surface area (TPSA) is 58.4 Å². The maximum atomic E-state index is 11.9. The van der Waals surface area contributed by atoms with Crippen molar-refractivity contribution in [1.29, 1.82) is 0 Å². The van der Waals surface area contributed by atoms with Crippen molar-refractivity contribution < 1.29 is 4.79 Å². The molecule has 0 aromatic heterocycles. The van der Waals surface area contributed by atoms with E-state index in [0.29, 0.717) is 18.4 Å². The van der Waals surface area contributed by atoms with Crippen LogP contribution in [-0.2, 0) is 4.79 Å². The van der Waals surface area contributed by atoms with Gasteiger partial charge in [0.25, 0.3) is 0 Å². The number of hydrogen-bond donors (Lipinski definition) is 2. The van der Waals surface area contributed by atoms with E-state index in [1.165, 1.54) is 25.9 Å². The second-order valence-electron chi connectivity index (χ2n) is 6.87. The van der Waals surface area contributed by atoms with Gasteiger partial charge in [0, 0.05) is 19.0 Å². The fraction of sp³-hybridized carbons (Fsp3) is 0.938. The molecule has 20 heavy (non-hydrogen) atoms. The zero-order valence-electron chi connectivity index (χ0n) is 12.9. The number of nitrogens with two attached hydrogens (primary N) is 1. The summed E-state index contributed by atoms with van der Waals surface area (Å²) in [5.74, 6) is 1.62. The molecule has 0 radical (unpaired) electrons. The number of carbonyl (C=O) groups is 1. The van der Waals surface area contributed by atoms with E-state index in [2.05, 4.69) is 17.3 Å². The first-order valence-corrected chi connectivity index (χ1v) is 8.34. The van der Waals surface area contributed by atoms with Crippen LogP contribution >= 0.6 is 0 Å². The Morgan fingerprint density at radius 2 is 1.75 bits per heavy atom. The van der Waals surface area contributed by atoms with Crippen LogP contribution in [0.4, 0.5) is 0 Å². The highest BCUT2D eigenvalue weighted by Gasteiger charge is 2.21. The van der Waals surface area contributed by atoms with Crippen molar-refractivity contribution in [2.45, 2.75) is 57.4 Å². The lowest BCUT2D eigenvalue weighted by atomic mass is 9.84. The summed E-state index contributed by atoms with van der Waals surface area (Å²) in [5.41, 5.74) is 5.90. The second-order valence-corrected chi connectivity index (χ2v) is 6.87. The van der Waals surface area contributed by atoms with E-state index < -0.39 is 0 Å². The average molecular weight is 281 g/mol. The fourth-order valence-corrected chi connectivity index (χ4v) is 3.49. The lowest BCUT2D eigenvalue weighted by Gasteiger charge is -2.29. The normalized spacial score (nSPS) is 29.3. The summed E-state index contributed by atoms with van der Waals surface area (Å²) in [6, 6.07) is 0.374. The Kier molecular flexibility index (Phi) is 6.30. The van der Waals surface area contributed by atoms with E-state index in [1.807, 2.05) is 0 Å². The van der Waals surface area contributed by atoms with Crippen LogP contribution in [0.15, 0.2) is 0 Å². The van der Waals surface area contributed by atoms with E-state index >= 15 is 0 Å². The van der Waals surface area contributed by atoms with Crippen LogP contribution in [0.1, 0.15) is 51.4 Å². The molecule has 3 N–H and O–H groups in total. The SMILES string of the molecule is CN1CCC(CCNC(=O)CC2CCC(N)CC2)CC1. The number of hydrogen-bond acceptors (Lipinski definition) is 3. The van der Waals surface area contributed by atoms with Gasteiger partial charge in [-0.15, -0.1) is 0 Å². The lowest BCUT2D eigenvalue weighted by Crippen LogP contribution is -2.34. The standard InChI is InChI=1S/C16H31N3O/c1-19-10-7-13(8-11-19)6-9-18-16(20)12-14-2-4-15(17)5-3-14/h13-15H,2-12,17H2,1H3,(H,18,20). The summed E-state index contributed by atoms with van der Waals surface area (Å²) in [4.78, 5) is 14.3. The number of rotatable bonds is 5. The van der Waals surface area contributed by atoms with Gasteiger partial charge in [0.05, 0.1) is 0 Å². The summed E-state index contributed by atoms with van der Waals surface area (Å²) >= 11 is 0. The minimum Gasteiger partial charge on any atom is -0.356 e. The van der Waals surface area contributed by atoms with Gasteiger partial charge < -0.3 is 16.0 Å². The van der Waals surface area contributed by atoms with Gasteiger partial charge in [0.1, 0.15) is 0 Å². The molecule has 2 rings (SSSR count). The van der Waals surface area contributed by atoms with E-state index in [0.717, 1.165) is 44.6 Å². The predicted molar refractivity (Wildman–Crippen MR) is 82.4 cm³/mol. The number of nitrogens with one attached hydrogen (secondary N) is 1. The molecule has 0 bridgehead atoms. The highest BCUT2D eigenvalue weighted by molar-refractivity contribution is 5.76. The minimum absolute atomic E-state index is 0.249. The van der Waals surface area contributed by atoms with Crippen molar-refractivity contribution in [3.63, 3.8) is 0 Å². The van der Waals surface area contributed by atoms with Gasteiger partial charge >= 0.3 is 0 Å². The summed E-state index contributed by atoms with van der Waals surface area (Å²) in [5, 5.41) is 3.12. The molecule has 1 saturated carbocycles. The third-order valence-corrected chi connectivity index (χ3v) is 5.08. The lowest BCUT2D eigenvalue weighted by molar-refractivity contribution is -0.122. The van der Waals surface area contributed by atoms with Gasteiger partial charge in [0.2, 0.25) is 5.91 Å². The Morgan fingerprint density at radius 1 is 1.10 bits per heavy atom.